The number of benzene rings is 3. The zero-order chi connectivity index (χ0) is 24.0. The second kappa shape index (κ2) is 12.6. The second-order valence-electron chi connectivity index (χ2n) is 7.47. The number of ketones is 1. The third-order valence-corrected chi connectivity index (χ3v) is 5.75. The van der Waals surface area contributed by atoms with Gasteiger partial charge in [0.15, 0.2) is 5.78 Å². The Kier molecular flexibility index (Phi) is 10.1. The molecule has 0 radical (unpaired) electrons. The van der Waals surface area contributed by atoms with E-state index in [1.54, 1.807) is 54.4 Å². The van der Waals surface area contributed by atoms with Crippen molar-refractivity contribution >= 4 is 63.5 Å². The molecule has 0 spiro atoms. The summed E-state index contributed by atoms with van der Waals surface area (Å²) < 4.78 is 0. The van der Waals surface area contributed by atoms with Crippen molar-refractivity contribution in [3.63, 3.8) is 0 Å². The largest absolute Gasteiger partial charge is 0.368 e. The number of nitrogens with one attached hydrogen (secondary N) is 1. The Morgan fingerprint density at radius 1 is 0.941 bits per heavy atom. The van der Waals surface area contributed by atoms with Gasteiger partial charge >= 0.3 is 0 Å². The van der Waals surface area contributed by atoms with Gasteiger partial charge in [-0.15, -0.1) is 17.0 Å². The number of nitrogens with zero attached hydrogens (tertiary/aromatic N) is 1. The number of carbonyl (C=O) groups is 3. The number of hydrogen-bond donors (Lipinski definition) is 2. The van der Waals surface area contributed by atoms with Gasteiger partial charge in [0.25, 0.3) is 0 Å². The number of nitrogens with two attached hydrogens (primary N) is 1. The van der Waals surface area contributed by atoms with Gasteiger partial charge in [-0.3, -0.25) is 14.4 Å². The van der Waals surface area contributed by atoms with Crippen LogP contribution in [0.25, 0.3) is 0 Å². The van der Waals surface area contributed by atoms with Gasteiger partial charge in [-0.05, 0) is 35.9 Å². The van der Waals surface area contributed by atoms with Crippen LogP contribution in [0, 0.1) is 0 Å². The number of likely N-dealkylation sites (N-methyl/N-ethyl adjacent to an activating group) is 1. The van der Waals surface area contributed by atoms with E-state index in [9.17, 15) is 14.4 Å². The summed E-state index contributed by atoms with van der Waals surface area (Å²) in [6, 6.07) is 20.3. The second-order valence-corrected chi connectivity index (χ2v) is 8.31. The van der Waals surface area contributed by atoms with E-state index in [0.29, 0.717) is 33.3 Å². The Labute approximate surface area is 218 Å². The monoisotopic (exact) mass is 563 g/mol. The Morgan fingerprint density at radius 2 is 1.59 bits per heavy atom. The van der Waals surface area contributed by atoms with Crippen LogP contribution in [0.1, 0.15) is 21.5 Å². The molecule has 0 aliphatic heterocycles. The maximum absolute atomic E-state index is 13.4. The summed E-state index contributed by atoms with van der Waals surface area (Å²) in [5, 5.41) is 3.26. The minimum atomic E-state index is -0.731. The zero-order valence-corrected chi connectivity index (χ0v) is 21.6. The van der Waals surface area contributed by atoms with Crippen LogP contribution in [0.5, 0.6) is 0 Å². The van der Waals surface area contributed by atoms with Gasteiger partial charge in [-0.1, -0.05) is 65.7 Å². The minimum Gasteiger partial charge on any atom is -0.368 e. The molecule has 3 N–H and O–H groups in total. The van der Waals surface area contributed by atoms with Crippen molar-refractivity contribution in [3.8, 4) is 0 Å². The SMILES string of the molecule is Br.CN(c1ccc(Cl)cc1C(=O)c1ccccc1Cl)[C@H](Cc1ccccc1)C(=O)NCC(N)=O. The number of halogens is 3. The molecule has 0 saturated carbocycles. The van der Waals surface area contributed by atoms with Gasteiger partial charge in [0.1, 0.15) is 6.04 Å². The Hall–Kier alpha value is -2.87. The minimum absolute atomic E-state index is 0. The smallest absolute Gasteiger partial charge is 0.243 e. The van der Waals surface area contributed by atoms with Crippen molar-refractivity contribution in [1.29, 1.82) is 0 Å². The summed E-state index contributed by atoms with van der Waals surface area (Å²) in [6.07, 6.45) is 0.338. The molecule has 0 aliphatic rings. The number of carbonyl (C=O) groups excluding carboxylic acids is 3. The van der Waals surface area contributed by atoms with E-state index >= 15 is 0 Å². The summed E-state index contributed by atoms with van der Waals surface area (Å²) in [5.74, 6) is -1.36. The molecule has 178 valence electrons. The van der Waals surface area contributed by atoms with Gasteiger partial charge < -0.3 is 16.0 Å². The molecule has 2 amide bonds. The zero-order valence-electron chi connectivity index (χ0n) is 18.3. The normalized spacial score (nSPS) is 11.1. The first-order valence-corrected chi connectivity index (χ1v) is 10.9. The maximum Gasteiger partial charge on any atom is 0.243 e. The lowest BCUT2D eigenvalue weighted by Crippen LogP contribution is -2.49. The van der Waals surface area contributed by atoms with Gasteiger partial charge in [0, 0.05) is 35.3 Å². The standard InChI is InChI=1S/C25H23Cl2N3O3.BrH/c1-30(22(25(33)29-15-23(28)31)13-16-7-3-2-4-8-16)21-12-11-17(26)14-19(21)24(32)18-9-5-6-10-20(18)27;/h2-12,14,22H,13,15H2,1H3,(H2,28,31)(H,29,33);1H/t22-;/m1./s1. The van der Waals surface area contributed by atoms with Crippen LogP contribution in [0.2, 0.25) is 10.0 Å². The average molecular weight is 565 g/mol. The summed E-state index contributed by atoms with van der Waals surface area (Å²) in [7, 11) is 1.71. The number of rotatable bonds is 9. The fourth-order valence-electron chi connectivity index (χ4n) is 3.49. The molecular weight excluding hydrogens is 541 g/mol. The number of amides is 2. The van der Waals surface area contributed by atoms with Gasteiger partial charge in [-0.25, -0.2) is 0 Å². The number of hydrogen-bond acceptors (Lipinski definition) is 4. The molecular formula is C25H24BrCl2N3O3. The van der Waals surface area contributed by atoms with E-state index in [1.807, 2.05) is 30.3 Å². The first-order chi connectivity index (χ1) is 15.8. The first-order valence-electron chi connectivity index (χ1n) is 10.2. The molecule has 3 aromatic carbocycles. The third-order valence-electron chi connectivity index (χ3n) is 5.18. The number of anilines is 1. The van der Waals surface area contributed by atoms with Crippen LogP contribution in [0.4, 0.5) is 5.69 Å². The average Bonchev–Trinajstić information content (AvgIpc) is 2.81. The predicted molar refractivity (Wildman–Crippen MR) is 141 cm³/mol. The molecule has 0 aliphatic carbocycles. The van der Waals surface area contributed by atoms with E-state index < -0.39 is 17.9 Å². The molecule has 9 heteroatoms. The van der Waals surface area contributed by atoms with Crippen molar-refractivity contribution < 1.29 is 14.4 Å². The quantitative estimate of drug-likeness (QED) is 0.375. The van der Waals surface area contributed by atoms with Crippen LogP contribution in [-0.4, -0.2) is 37.2 Å². The molecule has 0 unspecified atom stereocenters. The fourth-order valence-corrected chi connectivity index (χ4v) is 3.88. The van der Waals surface area contributed by atoms with E-state index in [1.165, 1.54) is 0 Å². The van der Waals surface area contributed by atoms with Crippen LogP contribution >= 0.6 is 40.2 Å². The summed E-state index contributed by atoms with van der Waals surface area (Å²) in [4.78, 5) is 39.3. The highest BCUT2D eigenvalue weighted by molar-refractivity contribution is 8.93. The first kappa shape index (κ1) is 27.4. The molecule has 3 aromatic rings. The molecule has 1 atom stereocenters. The lowest BCUT2D eigenvalue weighted by atomic mass is 9.98. The predicted octanol–water partition coefficient (Wildman–Crippen LogP) is 4.45. The topological polar surface area (TPSA) is 92.5 Å². The molecule has 0 fully saturated rings. The van der Waals surface area contributed by atoms with Crippen molar-refractivity contribution in [2.45, 2.75) is 12.5 Å². The van der Waals surface area contributed by atoms with Gasteiger partial charge in [0.05, 0.1) is 11.6 Å². The maximum atomic E-state index is 13.4. The van der Waals surface area contributed by atoms with E-state index in [0.717, 1.165) is 5.56 Å². The van der Waals surface area contributed by atoms with E-state index in [4.69, 9.17) is 28.9 Å². The van der Waals surface area contributed by atoms with Crippen LogP contribution in [0.15, 0.2) is 72.8 Å². The molecule has 34 heavy (non-hydrogen) atoms. The van der Waals surface area contributed by atoms with Crippen molar-refractivity contribution in [1.82, 2.24) is 5.32 Å². The van der Waals surface area contributed by atoms with E-state index in [2.05, 4.69) is 5.32 Å². The van der Waals surface area contributed by atoms with Gasteiger partial charge in [-0.2, -0.15) is 0 Å². The highest BCUT2D eigenvalue weighted by Crippen LogP contribution is 2.30. The Morgan fingerprint density at radius 3 is 2.24 bits per heavy atom. The Bertz CT molecular complexity index is 1180. The molecule has 0 bridgehead atoms. The molecule has 6 nitrogen and oxygen atoms in total. The molecule has 3 rings (SSSR count). The van der Waals surface area contributed by atoms with Crippen molar-refractivity contribution in [2.75, 3.05) is 18.5 Å². The van der Waals surface area contributed by atoms with Crippen LogP contribution in [0.3, 0.4) is 0 Å². The lowest BCUT2D eigenvalue weighted by Gasteiger charge is -2.31. The highest BCUT2D eigenvalue weighted by atomic mass is 79.9. The summed E-state index contributed by atoms with van der Waals surface area (Å²) >= 11 is 12.5. The lowest BCUT2D eigenvalue weighted by molar-refractivity contribution is -0.125. The van der Waals surface area contributed by atoms with Crippen LogP contribution in [-0.2, 0) is 16.0 Å². The molecule has 0 saturated heterocycles. The molecule has 0 heterocycles. The molecule has 0 aromatic heterocycles. The summed E-state index contributed by atoms with van der Waals surface area (Å²) in [6.45, 7) is -0.288. The van der Waals surface area contributed by atoms with Crippen molar-refractivity contribution in [3.05, 3.63) is 99.5 Å². The summed E-state index contributed by atoms with van der Waals surface area (Å²) in [5.41, 5.74) is 7.25. The third kappa shape index (κ3) is 6.82. The number of primary amides is 1. The Balaban J connectivity index is 0.00000408. The highest BCUT2D eigenvalue weighted by Gasteiger charge is 2.28. The van der Waals surface area contributed by atoms with E-state index in [-0.39, 0.29) is 29.3 Å². The van der Waals surface area contributed by atoms with Gasteiger partial charge in [0.2, 0.25) is 11.8 Å². The van der Waals surface area contributed by atoms with Crippen LogP contribution < -0.4 is 16.0 Å². The van der Waals surface area contributed by atoms with Crippen molar-refractivity contribution in [2.24, 2.45) is 5.73 Å². The fraction of sp³-hybridized carbons (Fsp3) is 0.160.